The third-order valence-corrected chi connectivity index (χ3v) is 3.55. The van der Waals surface area contributed by atoms with Gasteiger partial charge in [-0.3, -0.25) is 4.79 Å². The highest BCUT2D eigenvalue weighted by atomic mass is 35.5. The number of carbonyl (C=O) groups is 1. The molecule has 2 N–H and O–H groups in total. The molecular formula is C13H11ClN2O2. The van der Waals surface area contributed by atoms with Crippen molar-refractivity contribution >= 4 is 23.2 Å². The van der Waals surface area contributed by atoms with Crippen LogP contribution in [0.15, 0.2) is 36.5 Å². The number of rotatable bonds is 1. The summed E-state index contributed by atoms with van der Waals surface area (Å²) in [5.41, 5.74) is -0.0646. The fourth-order valence-corrected chi connectivity index (χ4v) is 2.55. The Labute approximate surface area is 109 Å². The van der Waals surface area contributed by atoms with E-state index in [9.17, 15) is 9.90 Å². The number of aromatic amines is 1. The first-order chi connectivity index (χ1) is 8.55. The number of benzene rings is 1. The van der Waals surface area contributed by atoms with Crippen LogP contribution >= 0.6 is 11.6 Å². The van der Waals surface area contributed by atoms with Gasteiger partial charge in [-0.05, 0) is 30.3 Å². The number of nitrogens with one attached hydrogen (secondary N) is 1. The van der Waals surface area contributed by atoms with Gasteiger partial charge in [-0.25, -0.2) is 0 Å². The monoisotopic (exact) mass is 262 g/mol. The lowest BCUT2D eigenvalue weighted by molar-refractivity contribution is -0.132. The third kappa shape index (κ3) is 1.27. The van der Waals surface area contributed by atoms with Gasteiger partial charge in [0.15, 0.2) is 0 Å². The van der Waals surface area contributed by atoms with Gasteiger partial charge in [0.25, 0.3) is 5.91 Å². The summed E-state index contributed by atoms with van der Waals surface area (Å²) in [6, 6.07) is 8.48. The molecule has 0 saturated heterocycles. The van der Waals surface area contributed by atoms with Crippen molar-refractivity contribution in [2.75, 3.05) is 11.9 Å². The van der Waals surface area contributed by atoms with Crippen molar-refractivity contribution in [3.05, 3.63) is 52.8 Å². The number of halogens is 1. The highest BCUT2D eigenvalue weighted by Gasteiger charge is 2.50. The van der Waals surface area contributed by atoms with E-state index in [2.05, 4.69) is 4.98 Å². The Kier molecular flexibility index (Phi) is 2.27. The average molecular weight is 263 g/mol. The Morgan fingerprint density at radius 3 is 2.83 bits per heavy atom. The number of hydrogen-bond donors (Lipinski definition) is 2. The summed E-state index contributed by atoms with van der Waals surface area (Å²) in [6.45, 7) is 0. The number of carbonyl (C=O) groups excluding carboxylic acids is 1. The molecule has 0 unspecified atom stereocenters. The topological polar surface area (TPSA) is 56.3 Å². The van der Waals surface area contributed by atoms with E-state index in [0.29, 0.717) is 22.0 Å². The number of aromatic nitrogens is 1. The molecule has 1 aromatic heterocycles. The minimum absolute atomic E-state index is 0.387. The van der Waals surface area contributed by atoms with Crippen LogP contribution in [0.5, 0.6) is 0 Å². The molecule has 5 heteroatoms. The van der Waals surface area contributed by atoms with Crippen molar-refractivity contribution in [2.45, 2.75) is 5.60 Å². The molecule has 1 aliphatic rings. The zero-order valence-electron chi connectivity index (χ0n) is 9.64. The first-order valence-corrected chi connectivity index (χ1v) is 5.87. The van der Waals surface area contributed by atoms with E-state index in [1.807, 2.05) is 0 Å². The summed E-state index contributed by atoms with van der Waals surface area (Å²) in [5.74, 6) is -0.387. The number of H-pyrrole nitrogens is 1. The Morgan fingerprint density at radius 2 is 2.17 bits per heavy atom. The van der Waals surface area contributed by atoms with Gasteiger partial charge >= 0.3 is 0 Å². The maximum atomic E-state index is 12.3. The fraction of sp³-hybridized carbons (Fsp3) is 0.154. The van der Waals surface area contributed by atoms with E-state index >= 15 is 0 Å². The van der Waals surface area contributed by atoms with Gasteiger partial charge in [-0.1, -0.05) is 11.6 Å². The quantitative estimate of drug-likeness (QED) is 0.824. The summed E-state index contributed by atoms with van der Waals surface area (Å²) in [6.07, 6.45) is 1.67. The largest absolute Gasteiger partial charge is 0.371 e. The molecule has 1 amide bonds. The van der Waals surface area contributed by atoms with Crippen molar-refractivity contribution in [1.82, 2.24) is 4.98 Å². The molecule has 0 spiro atoms. The smallest absolute Gasteiger partial charge is 0.269 e. The highest BCUT2D eigenvalue weighted by molar-refractivity contribution is 6.31. The SMILES string of the molecule is CN1C(=O)[C@@](O)(c2ccc[nH]2)c2cc(Cl)ccc21. The normalized spacial score (nSPS) is 22.4. The molecule has 92 valence electrons. The van der Waals surface area contributed by atoms with Gasteiger partial charge < -0.3 is 15.0 Å². The lowest BCUT2D eigenvalue weighted by atomic mass is 9.92. The van der Waals surface area contributed by atoms with E-state index in [0.717, 1.165) is 0 Å². The summed E-state index contributed by atoms with van der Waals surface area (Å²) in [7, 11) is 1.63. The Hall–Kier alpha value is -1.78. The molecule has 1 aromatic carbocycles. The third-order valence-electron chi connectivity index (χ3n) is 3.31. The second-order valence-electron chi connectivity index (χ2n) is 4.32. The zero-order chi connectivity index (χ0) is 12.9. The summed E-state index contributed by atoms with van der Waals surface area (Å²) in [5, 5.41) is 11.3. The van der Waals surface area contributed by atoms with Gasteiger partial charge in [0.05, 0.1) is 11.4 Å². The molecule has 0 fully saturated rings. The molecule has 2 aromatic rings. The molecule has 1 atom stereocenters. The van der Waals surface area contributed by atoms with Gasteiger partial charge in [-0.15, -0.1) is 0 Å². The molecule has 0 aliphatic carbocycles. The van der Waals surface area contributed by atoms with Crippen LogP contribution in [-0.4, -0.2) is 23.0 Å². The number of fused-ring (bicyclic) bond motifs is 1. The second-order valence-corrected chi connectivity index (χ2v) is 4.76. The number of likely N-dealkylation sites (N-methyl/N-ethyl adjacent to an activating group) is 1. The van der Waals surface area contributed by atoms with Crippen LogP contribution in [-0.2, 0) is 10.4 Å². The van der Waals surface area contributed by atoms with Crippen LogP contribution in [0.4, 0.5) is 5.69 Å². The van der Waals surface area contributed by atoms with Crippen molar-refractivity contribution in [3.8, 4) is 0 Å². The van der Waals surface area contributed by atoms with Gasteiger partial charge in [0, 0.05) is 23.8 Å². The number of aliphatic hydroxyl groups is 1. The van der Waals surface area contributed by atoms with Crippen LogP contribution < -0.4 is 4.90 Å². The maximum absolute atomic E-state index is 12.3. The molecule has 4 nitrogen and oxygen atoms in total. The Balaban J connectivity index is 2.30. The number of nitrogens with zero attached hydrogens (tertiary/aromatic N) is 1. The standard InChI is InChI=1S/C13H11ClN2O2/c1-16-10-5-4-8(14)7-9(10)13(18,12(16)17)11-3-2-6-15-11/h2-7,15,18H,1H3/t13-/m0/s1. The predicted molar refractivity (Wildman–Crippen MR) is 68.7 cm³/mol. The van der Waals surface area contributed by atoms with Crippen molar-refractivity contribution < 1.29 is 9.90 Å². The van der Waals surface area contributed by atoms with Crippen molar-refractivity contribution in [2.24, 2.45) is 0 Å². The molecule has 18 heavy (non-hydrogen) atoms. The molecule has 1 aliphatic heterocycles. The fourth-order valence-electron chi connectivity index (χ4n) is 2.37. The van der Waals surface area contributed by atoms with E-state index in [1.54, 1.807) is 43.6 Å². The van der Waals surface area contributed by atoms with Crippen LogP contribution in [0.3, 0.4) is 0 Å². The molecule has 3 rings (SSSR count). The van der Waals surface area contributed by atoms with Crippen molar-refractivity contribution in [3.63, 3.8) is 0 Å². The second kappa shape index (κ2) is 3.60. The van der Waals surface area contributed by atoms with E-state index in [1.165, 1.54) is 4.90 Å². The molecular weight excluding hydrogens is 252 g/mol. The van der Waals surface area contributed by atoms with Crippen LogP contribution in [0.1, 0.15) is 11.3 Å². The van der Waals surface area contributed by atoms with E-state index in [-0.39, 0.29) is 5.91 Å². The van der Waals surface area contributed by atoms with E-state index in [4.69, 9.17) is 11.6 Å². The van der Waals surface area contributed by atoms with Crippen molar-refractivity contribution in [1.29, 1.82) is 0 Å². The minimum Gasteiger partial charge on any atom is -0.371 e. The minimum atomic E-state index is -1.68. The van der Waals surface area contributed by atoms with Gasteiger partial charge in [0.1, 0.15) is 0 Å². The lowest BCUT2D eigenvalue weighted by Gasteiger charge is -2.20. The molecule has 0 bridgehead atoms. The number of amides is 1. The van der Waals surface area contributed by atoms with Crippen LogP contribution in [0.2, 0.25) is 5.02 Å². The molecule has 0 radical (unpaired) electrons. The Bertz CT molecular complexity index is 624. The van der Waals surface area contributed by atoms with Gasteiger partial charge in [0.2, 0.25) is 5.60 Å². The number of hydrogen-bond acceptors (Lipinski definition) is 2. The Morgan fingerprint density at radius 1 is 1.39 bits per heavy atom. The number of anilines is 1. The van der Waals surface area contributed by atoms with Gasteiger partial charge in [-0.2, -0.15) is 0 Å². The first kappa shape index (κ1) is 11.3. The lowest BCUT2D eigenvalue weighted by Crippen LogP contribution is -2.39. The first-order valence-electron chi connectivity index (χ1n) is 5.49. The van der Waals surface area contributed by atoms with Crippen LogP contribution in [0.25, 0.3) is 0 Å². The summed E-state index contributed by atoms with van der Waals surface area (Å²) in [4.78, 5) is 16.6. The van der Waals surface area contributed by atoms with E-state index < -0.39 is 5.60 Å². The maximum Gasteiger partial charge on any atom is 0.269 e. The zero-order valence-corrected chi connectivity index (χ0v) is 10.4. The molecule has 0 saturated carbocycles. The van der Waals surface area contributed by atoms with Crippen LogP contribution in [0, 0.1) is 0 Å². The summed E-state index contributed by atoms with van der Waals surface area (Å²) >= 11 is 5.96. The molecule has 2 heterocycles. The summed E-state index contributed by atoms with van der Waals surface area (Å²) < 4.78 is 0. The predicted octanol–water partition coefficient (Wildman–Crippen LogP) is 1.88. The highest BCUT2D eigenvalue weighted by Crippen LogP contribution is 2.44. The average Bonchev–Trinajstić information content (AvgIpc) is 2.95.